The van der Waals surface area contributed by atoms with Gasteiger partial charge in [-0.15, -0.1) is 0 Å². The molecule has 0 saturated carbocycles. The van der Waals surface area contributed by atoms with Crippen LogP contribution < -0.4 is 14.8 Å². The minimum absolute atomic E-state index is 0.564. The van der Waals surface area contributed by atoms with E-state index in [1.54, 1.807) is 7.11 Å². The van der Waals surface area contributed by atoms with Crippen LogP contribution >= 0.6 is 15.9 Å². The first kappa shape index (κ1) is 18.5. The predicted octanol–water partition coefficient (Wildman–Crippen LogP) is 5.33. The molecule has 0 amide bonds. The van der Waals surface area contributed by atoms with Crippen molar-refractivity contribution in [2.45, 2.75) is 19.7 Å². The third kappa shape index (κ3) is 5.35. The monoisotopic (exact) mass is 411 g/mol. The molecule has 3 aromatic carbocycles. The summed E-state index contributed by atoms with van der Waals surface area (Å²) in [5.41, 5.74) is 3.59. The summed E-state index contributed by atoms with van der Waals surface area (Å²) in [6.07, 6.45) is 0. The molecule has 0 unspecified atom stereocenters. The van der Waals surface area contributed by atoms with Gasteiger partial charge in [-0.2, -0.15) is 0 Å². The van der Waals surface area contributed by atoms with Crippen LogP contribution in [0.1, 0.15) is 16.7 Å². The molecule has 3 aromatic rings. The van der Waals surface area contributed by atoms with E-state index < -0.39 is 0 Å². The zero-order chi connectivity index (χ0) is 18.2. The molecule has 0 aliphatic heterocycles. The number of halogens is 1. The smallest absolute Gasteiger partial charge is 0.134 e. The maximum absolute atomic E-state index is 5.89. The van der Waals surface area contributed by atoms with Gasteiger partial charge in [-0.25, -0.2) is 0 Å². The van der Waals surface area contributed by atoms with Gasteiger partial charge >= 0.3 is 0 Å². The van der Waals surface area contributed by atoms with Gasteiger partial charge in [0.1, 0.15) is 18.1 Å². The van der Waals surface area contributed by atoms with Gasteiger partial charge in [-0.05, 0) is 56.9 Å². The van der Waals surface area contributed by atoms with E-state index in [9.17, 15) is 0 Å². The molecule has 3 nitrogen and oxygen atoms in total. The molecule has 0 spiro atoms. The number of ether oxygens (including phenoxy) is 2. The third-order valence-corrected chi connectivity index (χ3v) is 4.67. The first-order chi connectivity index (χ1) is 12.7. The highest BCUT2D eigenvalue weighted by molar-refractivity contribution is 9.10. The summed E-state index contributed by atoms with van der Waals surface area (Å²) in [4.78, 5) is 0. The lowest BCUT2D eigenvalue weighted by molar-refractivity contribution is 0.304. The van der Waals surface area contributed by atoms with E-state index >= 15 is 0 Å². The van der Waals surface area contributed by atoms with Crippen LogP contribution in [0.15, 0.2) is 77.3 Å². The fourth-order valence-electron chi connectivity index (χ4n) is 2.60. The van der Waals surface area contributed by atoms with Gasteiger partial charge in [0.25, 0.3) is 0 Å². The van der Waals surface area contributed by atoms with E-state index in [2.05, 4.69) is 57.6 Å². The predicted molar refractivity (Wildman–Crippen MR) is 108 cm³/mol. The van der Waals surface area contributed by atoms with Crippen molar-refractivity contribution in [3.8, 4) is 11.5 Å². The Morgan fingerprint density at radius 3 is 2.19 bits per heavy atom. The Kier molecular flexibility index (Phi) is 6.69. The maximum atomic E-state index is 5.89. The highest BCUT2D eigenvalue weighted by Crippen LogP contribution is 2.27. The molecular formula is C22H22BrNO2. The molecule has 0 heterocycles. The van der Waals surface area contributed by atoms with Crippen molar-refractivity contribution < 1.29 is 9.47 Å². The quantitative estimate of drug-likeness (QED) is 0.543. The second kappa shape index (κ2) is 9.41. The molecule has 0 atom stereocenters. The average molecular weight is 412 g/mol. The Bertz CT molecular complexity index is 819. The van der Waals surface area contributed by atoms with Gasteiger partial charge in [0.2, 0.25) is 0 Å². The van der Waals surface area contributed by atoms with E-state index in [0.717, 1.165) is 34.6 Å². The zero-order valence-electron chi connectivity index (χ0n) is 14.7. The maximum Gasteiger partial charge on any atom is 0.134 e. The molecule has 0 aliphatic rings. The first-order valence-electron chi connectivity index (χ1n) is 8.53. The number of methoxy groups -OCH3 is 1. The van der Waals surface area contributed by atoms with Crippen molar-refractivity contribution in [3.63, 3.8) is 0 Å². The zero-order valence-corrected chi connectivity index (χ0v) is 16.3. The van der Waals surface area contributed by atoms with Crippen LogP contribution in [0, 0.1) is 0 Å². The second-order valence-corrected chi connectivity index (χ2v) is 6.85. The van der Waals surface area contributed by atoms with Crippen molar-refractivity contribution in [1.82, 2.24) is 5.32 Å². The van der Waals surface area contributed by atoms with Crippen LogP contribution in [0.25, 0.3) is 0 Å². The van der Waals surface area contributed by atoms with Crippen molar-refractivity contribution in [1.29, 1.82) is 0 Å². The summed E-state index contributed by atoms with van der Waals surface area (Å²) in [6, 6.07) is 24.5. The lowest BCUT2D eigenvalue weighted by Crippen LogP contribution is -2.12. The summed E-state index contributed by atoms with van der Waals surface area (Å²) in [6.45, 7) is 2.17. The summed E-state index contributed by atoms with van der Waals surface area (Å²) in [7, 11) is 1.68. The number of rotatable bonds is 8. The van der Waals surface area contributed by atoms with Gasteiger partial charge in [-0.3, -0.25) is 0 Å². The fourth-order valence-corrected chi connectivity index (χ4v) is 3.14. The van der Waals surface area contributed by atoms with Gasteiger partial charge < -0.3 is 14.8 Å². The van der Waals surface area contributed by atoms with Crippen LogP contribution in [0.2, 0.25) is 0 Å². The molecule has 1 N–H and O–H groups in total. The van der Waals surface area contributed by atoms with Crippen LogP contribution in [-0.2, 0) is 19.7 Å². The Hall–Kier alpha value is -2.30. The SMILES string of the molecule is COc1ccc(CNCc2ccc(OCc3ccccc3)c(Br)c2)cc1. The van der Waals surface area contributed by atoms with Crippen LogP contribution in [0.3, 0.4) is 0 Å². The molecule has 0 saturated heterocycles. The minimum atomic E-state index is 0.564. The van der Waals surface area contributed by atoms with E-state index in [0.29, 0.717) is 6.61 Å². The van der Waals surface area contributed by atoms with Gasteiger partial charge in [-0.1, -0.05) is 48.5 Å². The number of benzene rings is 3. The lowest BCUT2D eigenvalue weighted by Gasteiger charge is -2.11. The molecule has 0 bridgehead atoms. The molecule has 0 aliphatic carbocycles. The fraction of sp³-hybridized carbons (Fsp3) is 0.182. The van der Waals surface area contributed by atoms with Crippen molar-refractivity contribution in [2.75, 3.05) is 7.11 Å². The Morgan fingerprint density at radius 2 is 1.50 bits per heavy atom. The molecule has 3 rings (SSSR count). The average Bonchev–Trinajstić information content (AvgIpc) is 2.69. The molecule has 0 fully saturated rings. The molecule has 26 heavy (non-hydrogen) atoms. The van der Waals surface area contributed by atoms with Crippen LogP contribution in [0.5, 0.6) is 11.5 Å². The van der Waals surface area contributed by atoms with Crippen LogP contribution in [-0.4, -0.2) is 7.11 Å². The molecule has 0 aromatic heterocycles. The van der Waals surface area contributed by atoms with Gasteiger partial charge in [0.15, 0.2) is 0 Å². The van der Waals surface area contributed by atoms with Crippen molar-refractivity contribution >= 4 is 15.9 Å². The van der Waals surface area contributed by atoms with E-state index in [-0.39, 0.29) is 0 Å². The Labute approximate surface area is 163 Å². The molecular weight excluding hydrogens is 390 g/mol. The minimum Gasteiger partial charge on any atom is -0.497 e. The Morgan fingerprint density at radius 1 is 0.808 bits per heavy atom. The van der Waals surface area contributed by atoms with E-state index in [1.807, 2.05) is 36.4 Å². The summed E-state index contributed by atoms with van der Waals surface area (Å²) >= 11 is 3.61. The number of hydrogen-bond acceptors (Lipinski definition) is 3. The molecule has 0 radical (unpaired) electrons. The largest absolute Gasteiger partial charge is 0.497 e. The normalized spacial score (nSPS) is 10.5. The highest BCUT2D eigenvalue weighted by atomic mass is 79.9. The van der Waals surface area contributed by atoms with Gasteiger partial charge in [0.05, 0.1) is 11.6 Å². The lowest BCUT2D eigenvalue weighted by atomic mass is 10.2. The summed E-state index contributed by atoms with van der Waals surface area (Å²) < 4.78 is 12.0. The van der Waals surface area contributed by atoms with E-state index in [1.165, 1.54) is 11.1 Å². The number of nitrogens with one attached hydrogen (secondary N) is 1. The molecule has 4 heteroatoms. The summed E-state index contributed by atoms with van der Waals surface area (Å²) in [5.74, 6) is 1.73. The second-order valence-electron chi connectivity index (χ2n) is 5.99. The molecule has 134 valence electrons. The van der Waals surface area contributed by atoms with Gasteiger partial charge in [0, 0.05) is 13.1 Å². The van der Waals surface area contributed by atoms with Crippen molar-refractivity contribution in [3.05, 3.63) is 94.0 Å². The van der Waals surface area contributed by atoms with Crippen LogP contribution in [0.4, 0.5) is 0 Å². The van der Waals surface area contributed by atoms with E-state index in [4.69, 9.17) is 9.47 Å². The third-order valence-electron chi connectivity index (χ3n) is 4.05. The first-order valence-corrected chi connectivity index (χ1v) is 9.33. The highest BCUT2D eigenvalue weighted by Gasteiger charge is 2.04. The standard InChI is InChI=1S/C22H22BrNO2/c1-25-20-10-7-17(8-11-20)14-24-15-19-9-12-22(21(23)13-19)26-16-18-5-3-2-4-6-18/h2-13,24H,14-16H2,1H3. The number of hydrogen-bond donors (Lipinski definition) is 1. The summed E-state index contributed by atoms with van der Waals surface area (Å²) in [5, 5.41) is 3.46. The Balaban J connectivity index is 1.50. The topological polar surface area (TPSA) is 30.5 Å². The van der Waals surface area contributed by atoms with Crippen molar-refractivity contribution in [2.24, 2.45) is 0 Å².